The van der Waals surface area contributed by atoms with Crippen LogP contribution in [-0.2, 0) is 10.5 Å². The van der Waals surface area contributed by atoms with Crippen LogP contribution in [0, 0.1) is 0 Å². The van der Waals surface area contributed by atoms with Crippen molar-refractivity contribution in [3.05, 3.63) is 35.4 Å². The van der Waals surface area contributed by atoms with E-state index in [-0.39, 0.29) is 18.4 Å². The summed E-state index contributed by atoms with van der Waals surface area (Å²) in [6, 6.07) is 7.42. The third kappa shape index (κ3) is 4.41. The van der Waals surface area contributed by atoms with Gasteiger partial charge in [0.2, 0.25) is 5.91 Å². The molecule has 0 aliphatic heterocycles. The Hall–Kier alpha value is -1.49. The van der Waals surface area contributed by atoms with E-state index < -0.39 is 0 Å². The molecule has 1 aromatic carbocycles. The molecule has 0 radical (unpaired) electrons. The average molecular weight is 266 g/mol. The van der Waals surface area contributed by atoms with Gasteiger partial charge in [0.15, 0.2) is 0 Å². The molecule has 0 aromatic heterocycles. The second-order valence-corrected chi connectivity index (χ2v) is 4.97. The minimum absolute atomic E-state index is 0.0262. The summed E-state index contributed by atoms with van der Waals surface area (Å²) in [7, 11) is 3.32. The molecule has 0 saturated carbocycles. The van der Waals surface area contributed by atoms with Crippen LogP contribution < -0.4 is 5.32 Å². The Labute approximate surface area is 112 Å². The Kier molecular flexibility index (Phi) is 5.71. The quantitative estimate of drug-likeness (QED) is 0.875. The number of nitrogens with zero attached hydrogens (tertiary/aromatic N) is 1. The highest BCUT2D eigenvalue weighted by Gasteiger charge is 2.08. The summed E-state index contributed by atoms with van der Waals surface area (Å²) in [5.41, 5.74) is 1.76. The van der Waals surface area contributed by atoms with Gasteiger partial charge in [0, 0.05) is 25.4 Å². The lowest BCUT2D eigenvalue weighted by Gasteiger charge is -2.11. The fourth-order valence-corrected chi connectivity index (χ4v) is 1.86. The van der Waals surface area contributed by atoms with Crippen LogP contribution in [0.1, 0.15) is 15.9 Å². The van der Waals surface area contributed by atoms with Gasteiger partial charge >= 0.3 is 0 Å². The molecule has 0 saturated heterocycles. The third-order valence-electron chi connectivity index (χ3n) is 2.43. The number of hydrogen-bond donors (Lipinski definition) is 1. The van der Waals surface area contributed by atoms with Crippen molar-refractivity contribution >= 4 is 23.6 Å². The Morgan fingerprint density at radius 3 is 2.33 bits per heavy atom. The van der Waals surface area contributed by atoms with Crippen molar-refractivity contribution in [2.75, 3.05) is 26.9 Å². The summed E-state index contributed by atoms with van der Waals surface area (Å²) in [6.07, 6.45) is 2.04. The number of rotatable bonds is 5. The molecule has 0 unspecified atom stereocenters. The predicted molar refractivity (Wildman–Crippen MR) is 74.7 cm³/mol. The zero-order valence-corrected chi connectivity index (χ0v) is 11.7. The van der Waals surface area contributed by atoms with Crippen LogP contribution in [0.5, 0.6) is 0 Å². The number of thioether (sulfide) groups is 1. The van der Waals surface area contributed by atoms with Gasteiger partial charge < -0.3 is 10.2 Å². The van der Waals surface area contributed by atoms with E-state index in [1.54, 1.807) is 38.0 Å². The largest absolute Gasteiger partial charge is 0.347 e. The van der Waals surface area contributed by atoms with E-state index in [0.29, 0.717) is 5.56 Å². The van der Waals surface area contributed by atoms with Crippen molar-refractivity contribution in [1.82, 2.24) is 10.2 Å². The molecule has 0 aliphatic rings. The molecular weight excluding hydrogens is 248 g/mol. The van der Waals surface area contributed by atoms with Crippen molar-refractivity contribution in [1.29, 1.82) is 0 Å². The van der Waals surface area contributed by atoms with Crippen LogP contribution in [0.3, 0.4) is 0 Å². The summed E-state index contributed by atoms with van der Waals surface area (Å²) in [5.74, 6) is 0.587. The standard InChI is InChI=1S/C13H18N2O2S/c1-15(2)12(16)8-14-13(17)11-6-4-10(5-7-11)9-18-3/h4-7H,8-9H2,1-3H3,(H,14,17). The molecule has 0 spiro atoms. The predicted octanol–water partition coefficient (Wildman–Crippen LogP) is 1.37. The molecule has 5 heteroatoms. The van der Waals surface area contributed by atoms with Crippen LogP contribution in [-0.4, -0.2) is 43.6 Å². The molecule has 0 heterocycles. The maximum atomic E-state index is 11.8. The van der Waals surface area contributed by atoms with Gasteiger partial charge in [-0.3, -0.25) is 9.59 Å². The van der Waals surface area contributed by atoms with E-state index in [4.69, 9.17) is 0 Å². The molecule has 1 rings (SSSR count). The van der Waals surface area contributed by atoms with E-state index in [0.717, 1.165) is 5.75 Å². The molecule has 1 aromatic rings. The van der Waals surface area contributed by atoms with E-state index in [2.05, 4.69) is 5.32 Å². The Bertz CT molecular complexity index is 416. The van der Waals surface area contributed by atoms with Crippen molar-refractivity contribution in [3.63, 3.8) is 0 Å². The van der Waals surface area contributed by atoms with Crippen molar-refractivity contribution in [2.45, 2.75) is 5.75 Å². The number of amides is 2. The third-order valence-corrected chi connectivity index (χ3v) is 3.05. The second kappa shape index (κ2) is 7.06. The first-order chi connectivity index (χ1) is 8.54. The van der Waals surface area contributed by atoms with Gasteiger partial charge in [-0.25, -0.2) is 0 Å². The van der Waals surface area contributed by atoms with Gasteiger partial charge in [0.25, 0.3) is 5.91 Å². The first-order valence-electron chi connectivity index (χ1n) is 5.61. The minimum atomic E-state index is -0.221. The maximum absolute atomic E-state index is 11.8. The Morgan fingerprint density at radius 1 is 1.22 bits per heavy atom. The molecular formula is C13H18N2O2S. The molecule has 2 amide bonds. The molecule has 0 aliphatic carbocycles. The lowest BCUT2D eigenvalue weighted by Crippen LogP contribution is -2.36. The monoisotopic (exact) mass is 266 g/mol. The van der Waals surface area contributed by atoms with Gasteiger partial charge in [-0.1, -0.05) is 12.1 Å². The van der Waals surface area contributed by atoms with E-state index in [9.17, 15) is 9.59 Å². The van der Waals surface area contributed by atoms with Crippen molar-refractivity contribution < 1.29 is 9.59 Å². The topological polar surface area (TPSA) is 49.4 Å². The number of carbonyl (C=O) groups is 2. The molecule has 0 atom stereocenters. The summed E-state index contributed by atoms with van der Waals surface area (Å²) in [6.45, 7) is 0.0262. The highest BCUT2D eigenvalue weighted by atomic mass is 32.2. The molecule has 0 fully saturated rings. The lowest BCUT2D eigenvalue weighted by atomic mass is 10.1. The highest BCUT2D eigenvalue weighted by Crippen LogP contribution is 2.10. The summed E-state index contributed by atoms with van der Waals surface area (Å²) >= 11 is 1.74. The van der Waals surface area contributed by atoms with Gasteiger partial charge in [0.05, 0.1) is 6.54 Å². The molecule has 98 valence electrons. The van der Waals surface area contributed by atoms with Crippen molar-refractivity contribution in [3.8, 4) is 0 Å². The van der Waals surface area contributed by atoms with Crippen LogP contribution in [0.4, 0.5) is 0 Å². The van der Waals surface area contributed by atoms with Crippen LogP contribution in [0.2, 0.25) is 0 Å². The average Bonchev–Trinajstić information content (AvgIpc) is 2.36. The molecule has 4 nitrogen and oxygen atoms in total. The number of nitrogens with one attached hydrogen (secondary N) is 1. The normalized spacial score (nSPS) is 9.94. The Balaban J connectivity index is 2.54. The molecule has 18 heavy (non-hydrogen) atoms. The number of likely N-dealkylation sites (N-methyl/N-ethyl adjacent to an activating group) is 1. The zero-order valence-electron chi connectivity index (χ0n) is 10.9. The van der Waals surface area contributed by atoms with Gasteiger partial charge in [-0.15, -0.1) is 0 Å². The number of benzene rings is 1. The van der Waals surface area contributed by atoms with Crippen molar-refractivity contribution in [2.24, 2.45) is 0 Å². The highest BCUT2D eigenvalue weighted by molar-refractivity contribution is 7.97. The maximum Gasteiger partial charge on any atom is 0.251 e. The lowest BCUT2D eigenvalue weighted by molar-refractivity contribution is -0.127. The fourth-order valence-electron chi connectivity index (χ4n) is 1.34. The first kappa shape index (κ1) is 14.6. The number of hydrogen-bond acceptors (Lipinski definition) is 3. The van der Waals surface area contributed by atoms with Crippen LogP contribution >= 0.6 is 11.8 Å². The van der Waals surface area contributed by atoms with Crippen LogP contribution in [0.15, 0.2) is 24.3 Å². The van der Waals surface area contributed by atoms with Gasteiger partial charge in [-0.2, -0.15) is 11.8 Å². The van der Waals surface area contributed by atoms with E-state index in [1.807, 2.05) is 18.4 Å². The number of carbonyl (C=O) groups excluding carboxylic acids is 2. The van der Waals surface area contributed by atoms with Gasteiger partial charge in [-0.05, 0) is 24.0 Å². The Morgan fingerprint density at radius 2 is 1.83 bits per heavy atom. The summed E-state index contributed by atoms with van der Waals surface area (Å²) in [4.78, 5) is 24.5. The van der Waals surface area contributed by atoms with Crippen LogP contribution in [0.25, 0.3) is 0 Å². The molecule has 0 bridgehead atoms. The van der Waals surface area contributed by atoms with E-state index in [1.165, 1.54) is 10.5 Å². The van der Waals surface area contributed by atoms with Gasteiger partial charge in [0.1, 0.15) is 0 Å². The smallest absolute Gasteiger partial charge is 0.251 e. The summed E-state index contributed by atoms with van der Waals surface area (Å²) in [5, 5.41) is 2.60. The zero-order chi connectivity index (χ0) is 13.5. The SMILES string of the molecule is CSCc1ccc(C(=O)NCC(=O)N(C)C)cc1. The minimum Gasteiger partial charge on any atom is -0.347 e. The van der Waals surface area contributed by atoms with E-state index >= 15 is 0 Å². The summed E-state index contributed by atoms with van der Waals surface area (Å²) < 4.78 is 0. The molecule has 1 N–H and O–H groups in total. The second-order valence-electron chi connectivity index (χ2n) is 4.10. The fraction of sp³-hybridized carbons (Fsp3) is 0.385. The first-order valence-corrected chi connectivity index (χ1v) is 7.00.